The first-order valence-electron chi connectivity index (χ1n) is 15.3. The zero-order valence-corrected chi connectivity index (χ0v) is 25.5. The van der Waals surface area contributed by atoms with E-state index in [1.807, 2.05) is 115 Å². The Morgan fingerprint density at radius 3 is 1.58 bits per heavy atom. The third-order valence-electron chi connectivity index (χ3n) is 7.80. The number of ether oxygens (including phenoxy) is 6. The van der Waals surface area contributed by atoms with Crippen molar-refractivity contribution in [2.45, 2.75) is 63.1 Å². The van der Waals surface area contributed by atoms with Crippen LogP contribution in [0.4, 0.5) is 0 Å². The highest BCUT2D eigenvalue weighted by Gasteiger charge is 2.50. The lowest BCUT2D eigenvalue weighted by molar-refractivity contribution is -0.288. The molecule has 0 bridgehead atoms. The van der Waals surface area contributed by atoms with Crippen molar-refractivity contribution in [1.29, 1.82) is 0 Å². The standard InChI is InChI=1S/C37H42O8/c1-40-31-19-17-30(18-20-31)25-43-36-34(32(39)21-38)45-33(26-41-22-27-11-5-2-6-12-27)35(42-23-28-13-7-3-8-14-28)37(36)44-24-29-15-9-4-10-16-29/h2-20,32-39H,21-26H2,1H3/t32?,33-,34+,35+,36+,37+/m1/s1. The van der Waals surface area contributed by atoms with Gasteiger partial charge < -0.3 is 38.6 Å². The Morgan fingerprint density at radius 1 is 0.600 bits per heavy atom. The molecule has 45 heavy (non-hydrogen) atoms. The Morgan fingerprint density at radius 2 is 1.07 bits per heavy atom. The molecule has 8 nitrogen and oxygen atoms in total. The molecule has 0 aliphatic carbocycles. The number of hydrogen-bond donors (Lipinski definition) is 2. The van der Waals surface area contributed by atoms with Gasteiger partial charge in [0.05, 0.1) is 46.8 Å². The molecule has 1 aliphatic heterocycles. The summed E-state index contributed by atoms with van der Waals surface area (Å²) in [5.74, 6) is 0.741. The molecule has 0 aromatic heterocycles. The predicted molar refractivity (Wildman–Crippen MR) is 169 cm³/mol. The highest BCUT2D eigenvalue weighted by atomic mass is 16.6. The Balaban J connectivity index is 1.43. The van der Waals surface area contributed by atoms with Crippen molar-refractivity contribution in [3.8, 4) is 5.75 Å². The molecule has 5 rings (SSSR count). The van der Waals surface area contributed by atoms with Crippen LogP contribution in [0.25, 0.3) is 0 Å². The van der Waals surface area contributed by atoms with Crippen LogP contribution in [0, 0.1) is 0 Å². The summed E-state index contributed by atoms with van der Waals surface area (Å²) in [7, 11) is 1.62. The Labute approximate surface area is 265 Å². The second kappa shape index (κ2) is 17.2. The van der Waals surface area contributed by atoms with Crippen LogP contribution < -0.4 is 4.74 Å². The molecular formula is C37H42O8. The number of aliphatic hydroxyl groups excluding tert-OH is 2. The summed E-state index contributed by atoms with van der Waals surface area (Å²) < 4.78 is 37.7. The summed E-state index contributed by atoms with van der Waals surface area (Å²) >= 11 is 0. The van der Waals surface area contributed by atoms with Crippen molar-refractivity contribution < 1.29 is 38.6 Å². The predicted octanol–water partition coefficient (Wildman–Crippen LogP) is 5.09. The van der Waals surface area contributed by atoms with E-state index in [1.165, 1.54) is 0 Å². The zero-order valence-electron chi connectivity index (χ0n) is 25.5. The first-order valence-corrected chi connectivity index (χ1v) is 15.3. The fraction of sp³-hybridized carbons (Fsp3) is 0.351. The maximum Gasteiger partial charge on any atom is 0.118 e. The second-order valence-corrected chi connectivity index (χ2v) is 11.0. The van der Waals surface area contributed by atoms with Gasteiger partial charge in [-0.15, -0.1) is 0 Å². The Kier molecular flexibility index (Phi) is 12.5. The molecule has 0 radical (unpaired) electrons. The molecule has 1 unspecified atom stereocenters. The van der Waals surface area contributed by atoms with E-state index >= 15 is 0 Å². The number of methoxy groups -OCH3 is 1. The summed E-state index contributed by atoms with van der Waals surface area (Å²) in [6, 6.07) is 37.2. The van der Waals surface area contributed by atoms with Crippen molar-refractivity contribution in [3.63, 3.8) is 0 Å². The second-order valence-electron chi connectivity index (χ2n) is 11.0. The summed E-state index contributed by atoms with van der Waals surface area (Å²) in [6.45, 7) is 0.877. The van der Waals surface area contributed by atoms with E-state index in [2.05, 4.69) is 0 Å². The van der Waals surface area contributed by atoms with Crippen molar-refractivity contribution in [2.75, 3.05) is 20.3 Å². The topological polar surface area (TPSA) is 95.8 Å². The van der Waals surface area contributed by atoms with Crippen molar-refractivity contribution >= 4 is 0 Å². The lowest BCUT2D eigenvalue weighted by Gasteiger charge is -2.47. The molecule has 1 fully saturated rings. The third-order valence-corrected chi connectivity index (χ3v) is 7.80. The summed E-state index contributed by atoms with van der Waals surface area (Å²) in [5, 5.41) is 21.1. The summed E-state index contributed by atoms with van der Waals surface area (Å²) in [6.07, 6.45) is -4.81. The van der Waals surface area contributed by atoms with Crippen LogP contribution in [0.2, 0.25) is 0 Å². The average Bonchev–Trinajstić information content (AvgIpc) is 3.10. The average molecular weight is 615 g/mol. The molecule has 0 saturated carbocycles. The van der Waals surface area contributed by atoms with Crippen molar-refractivity contribution in [1.82, 2.24) is 0 Å². The summed E-state index contributed by atoms with van der Waals surface area (Å²) in [5.41, 5.74) is 3.91. The molecular weight excluding hydrogens is 572 g/mol. The molecule has 1 aliphatic rings. The molecule has 4 aromatic rings. The van der Waals surface area contributed by atoms with Gasteiger partial charge in [-0.3, -0.25) is 0 Å². The Hall–Kier alpha value is -3.60. The maximum absolute atomic E-state index is 11.0. The van der Waals surface area contributed by atoms with E-state index in [1.54, 1.807) is 7.11 Å². The number of aliphatic hydroxyl groups is 2. The lowest BCUT2D eigenvalue weighted by Crippen LogP contribution is -2.64. The Bertz CT molecular complexity index is 1370. The van der Waals surface area contributed by atoms with Gasteiger partial charge in [-0.25, -0.2) is 0 Å². The van der Waals surface area contributed by atoms with Gasteiger partial charge in [0.2, 0.25) is 0 Å². The van der Waals surface area contributed by atoms with Crippen LogP contribution in [0.3, 0.4) is 0 Å². The van der Waals surface area contributed by atoms with Crippen LogP contribution >= 0.6 is 0 Å². The molecule has 6 atom stereocenters. The molecule has 1 heterocycles. The molecule has 0 amide bonds. The van der Waals surface area contributed by atoms with Gasteiger partial charge in [-0.1, -0.05) is 103 Å². The van der Waals surface area contributed by atoms with Crippen molar-refractivity contribution in [2.24, 2.45) is 0 Å². The summed E-state index contributed by atoms with van der Waals surface area (Å²) in [4.78, 5) is 0. The minimum atomic E-state index is -1.22. The zero-order chi connectivity index (χ0) is 31.3. The maximum atomic E-state index is 11.0. The molecule has 1 saturated heterocycles. The van der Waals surface area contributed by atoms with E-state index in [4.69, 9.17) is 28.4 Å². The third kappa shape index (κ3) is 9.45. The van der Waals surface area contributed by atoms with E-state index in [0.29, 0.717) is 19.8 Å². The van der Waals surface area contributed by atoms with Gasteiger partial charge in [-0.2, -0.15) is 0 Å². The molecule has 0 spiro atoms. The first kappa shape index (κ1) is 32.8. The van der Waals surface area contributed by atoms with Gasteiger partial charge in [0.25, 0.3) is 0 Å². The van der Waals surface area contributed by atoms with Crippen LogP contribution in [-0.4, -0.2) is 67.2 Å². The fourth-order valence-electron chi connectivity index (χ4n) is 5.39. The quantitative estimate of drug-likeness (QED) is 0.180. The first-order chi connectivity index (χ1) is 22.1. The number of benzene rings is 4. The minimum absolute atomic E-state index is 0.180. The smallest absolute Gasteiger partial charge is 0.118 e. The van der Waals surface area contributed by atoms with Crippen LogP contribution in [0.1, 0.15) is 22.3 Å². The highest BCUT2D eigenvalue weighted by Crippen LogP contribution is 2.32. The normalized spacial score (nSPS) is 22.2. The van der Waals surface area contributed by atoms with Gasteiger partial charge in [-0.05, 0) is 34.4 Å². The van der Waals surface area contributed by atoms with E-state index in [-0.39, 0.29) is 13.2 Å². The molecule has 238 valence electrons. The van der Waals surface area contributed by atoms with Crippen LogP contribution in [-0.2, 0) is 50.1 Å². The van der Waals surface area contributed by atoms with Gasteiger partial charge in [0, 0.05) is 0 Å². The fourth-order valence-corrected chi connectivity index (χ4v) is 5.39. The van der Waals surface area contributed by atoms with Gasteiger partial charge in [0.15, 0.2) is 0 Å². The molecule has 8 heteroatoms. The highest BCUT2D eigenvalue weighted by molar-refractivity contribution is 5.26. The van der Waals surface area contributed by atoms with E-state index in [0.717, 1.165) is 28.0 Å². The number of hydrogen-bond acceptors (Lipinski definition) is 8. The van der Waals surface area contributed by atoms with Crippen molar-refractivity contribution in [3.05, 3.63) is 138 Å². The number of rotatable bonds is 16. The molecule has 4 aromatic carbocycles. The largest absolute Gasteiger partial charge is 0.497 e. The lowest BCUT2D eigenvalue weighted by atomic mass is 9.91. The molecule has 2 N–H and O–H groups in total. The monoisotopic (exact) mass is 614 g/mol. The van der Waals surface area contributed by atoms with Crippen LogP contribution in [0.5, 0.6) is 5.75 Å². The van der Waals surface area contributed by atoms with E-state index < -0.39 is 43.2 Å². The van der Waals surface area contributed by atoms with Gasteiger partial charge >= 0.3 is 0 Å². The van der Waals surface area contributed by atoms with Gasteiger partial charge in [0.1, 0.15) is 42.4 Å². The SMILES string of the molecule is COc1ccc(CO[C@@H]2[C@@H](OCc3ccccc3)[C@@H](OCc3ccccc3)[C@@H](COCc3ccccc3)O[C@H]2C(O)CO)cc1. The van der Waals surface area contributed by atoms with E-state index in [9.17, 15) is 10.2 Å². The van der Waals surface area contributed by atoms with Crippen LogP contribution in [0.15, 0.2) is 115 Å². The minimum Gasteiger partial charge on any atom is -0.497 e.